The van der Waals surface area contributed by atoms with Gasteiger partial charge in [-0.05, 0) is 92.7 Å². The molecule has 0 bridgehead atoms. The van der Waals surface area contributed by atoms with Crippen LogP contribution in [0.4, 0.5) is 17.1 Å². The molecule has 0 unspecified atom stereocenters. The van der Waals surface area contributed by atoms with E-state index in [-0.39, 0.29) is 0 Å². The maximum absolute atomic E-state index is 2.47. The second kappa shape index (κ2) is 15.1. The monoisotopic (exact) mass is 764 g/mol. The zero-order chi connectivity index (χ0) is 39.8. The summed E-state index contributed by atoms with van der Waals surface area (Å²) in [5, 5.41) is 4.98. The van der Waals surface area contributed by atoms with Gasteiger partial charge in [-0.3, -0.25) is 0 Å². The van der Waals surface area contributed by atoms with Crippen LogP contribution in [0, 0.1) is 0 Å². The molecule has 0 saturated heterocycles. The Balaban J connectivity index is 1.16. The highest BCUT2D eigenvalue weighted by Gasteiger charge is 2.24. The molecule has 2 nitrogen and oxygen atoms in total. The number of rotatable bonds is 8. The van der Waals surface area contributed by atoms with Crippen LogP contribution in [-0.4, -0.2) is 4.57 Å². The first-order valence-electron chi connectivity index (χ1n) is 20.6. The normalized spacial score (nSPS) is 11.3. The maximum Gasteiger partial charge on any atom is 0.0546 e. The Morgan fingerprint density at radius 1 is 0.300 bits per heavy atom. The van der Waals surface area contributed by atoms with Gasteiger partial charge in [0, 0.05) is 33.3 Å². The van der Waals surface area contributed by atoms with Crippen LogP contribution in [0.2, 0.25) is 0 Å². The van der Waals surface area contributed by atoms with E-state index in [2.05, 4.69) is 252 Å². The van der Waals surface area contributed by atoms with Gasteiger partial charge in [0.25, 0.3) is 0 Å². The van der Waals surface area contributed by atoms with Gasteiger partial charge in [0.05, 0.1) is 22.4 Å². The van der Waals surface area contributed by atoms with E-state index < -0.39 is 0 Å². The molecule has 0 N–H and O–H groups in total. The van der Waals surface area contributed by atoms with E-state index in [1.54, 1.807) is 0 Å². The smallest absolute Gasteiger partial charge is 0.0546 e. The lowest BCUT2D eigenvalue weighted by molar-refractivity contribution is 1.18. The van der Waals surface area contributed by atoms with Crippen LogP contribution in [0.25, 0.3) is 82.8 Å². The van der Waals surface area contributed by atoms with Crippen molar-refractivity contribution in [3.63, 3.8) is 0 Å². The lowest BCUT2D eigenvalue weighted by Crippen LogP contribution is -2.13. The first-order chi connectivity index (χ1) is 29.8. The number of benzene rings is 10. The van der Waals surface area contributed by atoms with Gasteiger partial charge in [0.2, 0.25) is 0 Å². The number of nitrogens with zero attached hydrogens (tertiary/aromatic N) is 2. The molecule has 0 aliphatic carbocycles. The minimum Gasteiger partial charge on any atom is -0.309 e. The standard InChI is InChI=1S/C58H40N2/c1-3-18-42(19-4-1)50-27-9-12-32-54(50)60(47-25-15-24-45(40-47)49-30-16-23-41-22-7-8-26-48(41)49)57-35-17-31-51(43-20-5-2-6-21-43)58(57)44-36-38-46(39-37-44)59-55-33-13-10-28-52(55)53-29-11-14-34-56(53)59/h1-40H. The fourth-order valence-electron chi connectivity index (χ4n) is 9.09. The highest BCUT2D eigenvalue weighted by Crippen LogP contribution is 2.48. The summed E-state index contributed by atoms with van der Waals surface area (Å²) in [5.74, 6) is 0. The van der Waals surface area contributed by atoms with Gasteiger partial charge in [0.1, 0.15) is 0 Å². The van der Waals surface area contributed by atoms with Crippen LogP contribution >= 0.6 is 0 Å². The first-order valence-corrected chi connectivity index (χ1v) is 20.6. The molecule has 0 aliphatic heterocycles. The summed E-state index contributed by atoms with van der Waals surface area (Å²) in [7, 11) is 0. The second-order valence-corrected chi connectivity index (χ2v) is 15.3. The number of hydrogen-bond donors (Lipinski definition) is 0. The highest BCUT2D eigenvalue weighted by atomic mass is 15.1. The Morgan fingerprint density at radius 3 is 1.53 bits per heavy atom. The third kappa shape index (κ3) is 6.14. The second-order valence-electron chi connectivity index (χ2n) is 15.3. The molecular weight excluding hydrogens is 725 g/mol. The summed E-state index contributed by atoms with van der Waals surface area (Å²) in [4.78, 5) is 2.47. The molecule has 0 saturated carbocycles. The molecule has 0 fully saturated rings. The van der Waals surface area contributed by atoms with Crippen molar-refractivity contribution >= 4 is 49.6 Å². The van der Waals surface area contributed by atoms with Crippen molar-refractivity contribution in [1.29, 1.82) is 0 Å². The molecular formula is C58H40N2. The largest absolute Gasteiger partial charge is 0.309 e. The predicted octanol–water partition coefficient (Wildman–Crippen LogP) is 16.1. The third-order valence-corrected chi connectivity index (χ3v) is 11.8. The Bertz CT molecular complexity index is 3250. The maximum atomic E-state index is 2.47. The zero-order valence-corrected chi connectivity index (χ0v) is 33.0. The van der Waals surface area contributed by atoms with Crippen molar-refractivity contribution in [3.05, 3.63) is 243 Å². The van der Waals surface area contributed by atoms with Gasteiger partial charge in [-0.15, -0.1) is 0 Å². The van der Waals surface area contributed by atoms with Crippen molar-refractivity contribution in [3.8, 4) is 50.2 Å². The Hall–Kier alpha value is -7.94. The van der Waals surface area contributed by atoms with Crippen LogP contribution in [0.15, 0.2) is 243 Å². The quantitative estimate of drug-likeness (QED) is 0.150. The summed E-state index contributed by atoms with van der Waals surface area (Å²) in [6, 6.07) is 88.0. The summed E-state index contributed by atoms with van der Waals surface area (Å²) >= 11 is 0. The van der Waals surface area contributed by atoms with E-state index in [1.165, 1.54) is 60.4 Å². The van der Waals surface area contributed by atoms with Crippen LogP contribution < -0.4 is 4.90 Å². The van der Waals surface area contributed by atoms with E-state index in [9.17, 15) is 0 Å². The summed E-state index contributed by atoms with van der Waals surface area (Å²) in [6.07, 6.45) is 0. The van der Waals surface area contributed by atoms with Crippen molar-refractivity contribution in [2.24, 2.45) is 0 Å². The van der Waals surface area contributed by atoms with Gasteiger partial charge < -0.3 is 9.47 Å². The Kier molecular flexibility index (Phi) is 8.87. The molecule has 0 atom stereocenters. The molecule has 0 amide bonds. The highest BCUT2D eigenvalue weighted by molar-refractivity contribution is 6.09. The molecule has 11 aromatic rings. The van der Waals surface area contributed by atoms with E-state index in [1.807, 2.05) is 0 Å². The Labute approximate surface area is 350 Å². The molecule has 2 heteroatoms. The number of para-hydroxylation sites is 3. The summed E-state index contributed by atoms with van der Waals surface area (Å²) < 4.78 is 2.39. The van der Waals surface area contributed by atoms with E-state index in [0.717, 1.165) is 39.4 Å². The van der Waals surface area contributed by atoms with Gasteiger partial charge in [-0.1, -0.05) is 194 Å². The fraction of sp³-hybridized carbons (Fsp3) is 0. The lowest BCUT2D eigenvalue weighted by Gasteiger charge is -2.31. The SMILES string of the molecule is c1ccc(-c2ccccc2N(c2cccc(-c3cccc4ccccc34)c2)c2cccc(-c3ccccc3)c2-c2ccc(-n3c4ccccc4c4ccccc43)cc2)cc1. The van der Waals surface area contributed by atoms with Crippen molar-refractivity contribution in [2.75, 3.05) is 4.90 Å². The van der Waals surface area contributed by atoms with Gasteiger partial charge >= 0.3 is 0 Å². The van der Waals surface area contributed by atoms with E-state index in [0.29, 0.717) is 0 Å². The molecule has 1 heterocycles. The summed E-state index contributed by atoms with van der Waals surface area (Å²) in [6.45, 7) is 0. The zero-order valence-electron chi connectivity index (χ0n) is 33.0. The molecule has 0 radical (unpaired) electrons. The average molecular weight is 765 g/mol. The average Bonchev–Trinajstić information content (AvgIpc) is 3.67. The van der Waals surface area contributed by atoms with Crippen LogP contribution in [0.1, 0.15) is 0 Å². The minimum absolute atomic E-state index is 1.08. The van der Waals surface area contributed by atoms with Gasteiger partial charge in [0.15, 0.2) is 0 Å². The van der Waals surface area contributed by atoms with Crippen LogP contribution in [-0.2, 0) is 0 Å². The van der Waals surface area contributed by atoms with E-state index >= 15 is 0 Å². The molecule has 60 heavy (non-hydrogen) atoms. The lowest BCUT2D eigenvalue weighted by atomic mass is 9.91. The molecule has 11 rings (SSSR count). The van der Waals surface area contributed by atoms with E-state index in [4.69, 9.17) is 0 Å². The van der Waals surface area contributed by atoms with Gasteiger partial charge in [-0.2, -0.15) is 0 Å². The van der Waals surface area contributed by atoms with Crippen molar-refractivity contribution in [2.45, 2.75) is 0 Å². The summed E-state index contributed by atoms with van der Waals surface area (Å²) in [5.41, 5.74) is 16.2. The number of hydrogen-bond acceptors (Lipinski definition) is 1. The fourth-order valence-corrected chi connectivity index (χ4v) is 9.09. The Morgan fingerprint density at radius 2 is 0.800 bits per heavy atom. The van der Waals surface area contributed by atoms with Crippen molar-refractivity contribution in [1.82, 2.24) is 4.57 Å². The minimum atomic E-state index is 1.08. The molecule has 0 aliphatic rings. The number of anilines is 3. The molecule has 0 spiro atoms. The predicted molar refractivity (Wildman–Crippen MR) is 255 cm³/mol. The van der Waals surface area contributed by atoms with Gasteiger partial charge in [-0.25, -0.2) is 0 Å². The van der Waals surface area contributed by atoms with Crippen LogP contribution in [0.3, 0.4) is 0 Å². The third-order valence-electron chi connectivity index (χ3n) is 11.8. The topological polar surface area (TPSA) is 8.17 Å². The molecule has 282 valence electrons. The van der Waals surface area contributed by atoms with Crippen molar-refractivity contribution < 1.29 is 0 Å². The van der Waals surface area contributed by atoms with Crippen LogP contribution in [0.5, 0.6) is 0 Å². The number of aromatic nitrogens is 1. The first kappa shape index (κ1) is 35.2. The molecule has 10 aromatic carbocycles. The number of fused-ring (bicyclic) bond motifs is 4. The molecule has 1 aromatic heterocycles.